The lowest BCUT2D eigenvalue weighted by atomic mass is 9.86. The van der Waals surface area contributed by atoms with Gasteiger partial charge in [0, 0.05) is 17.2 Å². The number of phenols is 3. The van der Waals surface area contributed by atoms with Crippen LogP contribution in [0.1, 0.15) is 19.8 Å². The van der Waals surface area contributed by atoms with Crippen LogP contribution in [0.3, 0.4) is 0 Å². The zero-order valence-electron chi connectivity index (χ0n) is 25.1. The Hall–Kier alpha value is -5.13. The molecule has 0 bridgehead atoms. The first kappa shape index (κ1) is 29.9. The fourth-order valence-corrected chi connectivity index (χ4v) is 7.68. The van der Waals surface area contributed by atoms with Gasteiger partial charge in [-0.2, -0.15) is 0 Å². The van der Waals surface area contributed by atoms with Crippen molar-refractivity contribution in [3.63, 3.8) is 0 Å². The average Bonchev–Trinajstić information content (AvgIpc) is 3.07. The molecule has 0 aliphatic carbocycles. The molecule has 0 amide bonds. The summed E-state index contributed by atoms with van der Waals surface area (Å²) >= 11 is 0. The third-order valence-corrected chi connectivity index (χ3v) is 9.89. The molecule has 0 spiro atoms. The van der Waals surface area contributed by atoms with Crippen LogP contribution in [0.25, 0.3) is 33.4 Å². The van der Waals surface area contributed by atoms with Crippen molar-refractivity contribution in [3.05, 3.63) is 140 Å². The molecule has 0 radical (unpaired) electrons. The van der Waals surface area contributed by atoms with Crippen LogP contribution in [-0.2, 0) is 10.9 Å². The third kappa shape index (κ3) is 6.54. The minimum Gasteiger partial charge on any atom is -0.508 e. The minimum absolute atomic E-state index is 0.182. The van der Waals surface area contributed by atoms with Gasteiger partial charge < -0.3 is 20.1 Å². The van der Waals surface area contributed by atoms with Crippen LogP contribution in [0.2, 0.25) is 0 Å². The van der Waals surface area contributed by atoms with Gasteiger partial charge in [-0.25, -0.2) is 0 Å². The SMILES string of the molecule is CCCCOc1c([S+](c2ccccc2)c2ccccc2)cc(-c2ccc(O)cc2)c(-c2ccc(O)cc2)c1-c1ccc(O)cc1. The summed E-state index contributed by atoms with van der Waals surface area (Å²) in [4.78, 5) is 3.36. The Bertz CT molecular complexity index is 1810. The van der Waals surface area contributed by atoms with E-state index in [0.717, 1.165) is 66.7 Å². The van der Waals surface area contributed by atoms with Gasteiger partial charge in [-0.3, -0.25) is 0 Å². The summed E-state index contributed by atoms with van der Waals surface area (Å²) in [5.41, 5.74) is 5.54. The molecule has 0 fully saturated rings. The molecule has 0 atom stereocenters. The number of phenolic OH excluding ortho intramolecular Hbond substituents is 3. The van der Waals surface area contributed by atoms with Crippen LogP contribution in [0.5, 0.6) is 23.0 Å². The predicted molar refractivity (Wildman–Crippen MR) is 183 cm³/mol. The van der Waals surface area contributed by atoms with Crippen LogP contribution >= 0.6 is 0 Å². The van der Waals surface area contributed by atoms with Gasteiger partial charge in [0.15, 0.2) is 15.5 Å². The smallest absolute Gasteiger partial charge is 0.209 e. The number of rotatable bonds is 10. The predicted octanol–water partition coefficient (Wildman–Crippen LogP) is 10.1. The topological polar surface area (TPSA) is 69.9 Å². The molecule has 0 saturated heterocycles. The molecule has 0 unspecified atom stereocenters. The van der Waals surface area contributed by atoms with Crippen LogP contribution in [0.4, 0.5) is 0 Å². The van der Waals surface area contributed by atoms with E-state index in [1.54, 1.807) is 36.4 Å². The Morgan fingerprint density at radius 3 is 1.44 bits per heavy atom. The molecule has 6 rings (SSSR count). The number of benzene rings is 6. The van der Waals surface area contributed by atoms with Gasteiger partial charge in [-0.05, 0) is 89.3 Å². The zero-order valence-corrected chi connectivity index (χ0v) is 25.9. The summed E-state index contributed by atoms with van der Waals surface area (Å²) in [6, 6.07) is 45.0. The van der Waals surface area contributed by atoms with Crippen molar-refractivity contribution < 1.29 is 20.1 Å². The lowest BCUT2D eigenvalue weighted by Crippen LogP contribution is -2.11. The lowest BCUT2D eigenvalue weighted by Gasteiger charge is -2.23. The van der Waals surface area contributed by atoms with E-state index in [1.165, 1.54) is 0 Å². The molecule has 0 aromatic heterocycles. The second-order valence-electron chi connectivity index (χ2n) is 10.8. The summed E-state index contributed by atoms with van der Waals surface area (Å²) in [6.45, 7) is 2.70. The van der Waals surface area contributed by atoms with E-state index in [2.05, 4.69) is 61.5 Å². The number of hydrogen-bond acceptors (Lipinski definition) is 4. The van der Waals surface area contributed by atoms with Crippen molar-refractivity contribution in [1.82, 2.24) is 0 Å². The molecule has 45 heavy (non-hydrogen) atoms. The Morgan fingerprint density at radius 2 is 0.978 bits per heavy atom. The largest absolute Gasteiger partial charge is 0.508 e. The van der Waals surface area contributed by atoms with Gasteiger partial charge in [0.1, 0.15) is 28.1 Å². The summed E-state index contributed by atoms with van der Waals surface area (Å²) in [5, 5.41) is 30.7. The first-order chi connectivity index (χ1) is 22.0. The average molecular weight is 612 g/mol. The molecule has 0 aliphatic rings. The molecule has 0 heterocycles. The standard InChI is InChI=1S/C40H34O4S/c1-2-3-26-44-40-37(45(34-10-6-4-7-11-34)35-12-8-5-9-13-35)27-36(28-14-20-31(41)21-15-28)38(29-16-22-32(42)23-17-29)39(40)30-18-24-33(43)25-19-30/h4-25,27H,2-3,26H2,1H3,(H2-,41,42,43)/p+1. The molecule has 6 aromatic rings. The number of hydrogen-bond donors (Lipinski definition) is 3. The highest BCUT2D eigenvalue weighted by Gasteiger charge is 2.36. The van der Waals surface area contributed by atoms with E-state index < -0.39 is 10.9 Å². The minimum atomic E-state index is -0.541. The van der Waals surface area contributed by atoms with Gasteiger partial charge >= 0.3 is 0 Å². The molecular weight excluding hydrogens is 577 g/mol. The van der Waals surface area contributed by atoms with E-state index in [4.69, 9.17) is 4.74 Å². The van der Waals surface area contributed by atoms with Crippen LogP contribution < -0.4 is 4.74 Å². The van der Waals surface area contributed by atoms with Crippen molar-refractivity contribution in [2.45, 2.75) is 34.5 Å². The first-order valence-corrected chi connectivity index (χ1v) is 16.3. The quantitative estimate of drug-likeness (QED) is 0.106. The molecule has 6 aromatic carbocycles. The van der Waals surface area contributed by atoms with E-state index in [0.29, 0.717) is 6.61 Å². The fourth-order valence-electron chi connectivity index (χ4n) is 5.46. The third-order valence-electron chi connectivity index (χ3n) is 7.66. The Labute approximate surface area is 267 Å². The maximum atomic E-state index is 10.3. The van der Waals surface area contributed by atoms with Crippen LogP contribution in [0, 0.1) is 0 Å². The summed E-state index contributed by atoms with van der Waals surface area (Å²) in [7, 11) is -0.541. The molecule has 5 heteroatoms. The van der Waals surface area contributed by atoms with Gasteiger partial charge in [0.05, 0.1) is 6.61 Å². The lowest BCUT2D eigenvalue weighted by molar-refractivity contribution is 0.304. The molecule has 0 aliphatic heterocycles. The van der Waals surface area contributed by atoms with Crippen molar-refractivity contribution in [2.24, 2.45) is 0 Å². The normalized spacial score (nSPS) is 11.1. The van der Waals surface area contributed by atoms with Gasteiger partial charge in [0.2, 0.25) is 4.90 Å². The van der Waals surface area contributed by atoms with Crippen LogP contribution in [0.15, 0.2) is 154 Å². The summed E-state index contributed by atoms with van der Waals surface area (Å²) in [6.07, 6.45) is 1.89. The highest BCUT2D eigenvalue weighted by Crippen LogP contribution is 2.51. The number of ether oxygens (including phenoxy) is 1. The van der Waals surface area contributed by atoms with Crippen molar-refractivity contribution in [1.29, 1.82) is 0 Å². The van der Waals surface area contributed by atoms with E-state index in [1.807, 2.05) is 48.5 Å². The van der Waals surface area contributed by atoms with Gasteiger partial charge in [0.25, 0.3) is 0 Å². The maximum Gasteiger partial charge on any atom is 0.209 e. The highest BCUT2D eigenvalue weighted by atomic mass is 32.2. The van der Waals surface area contributed by atoms with Crippen LogP contribution in [-0.4, -0.2) is 21.9 Å². The first-order valence-electron chi connectivity index (χ1n) is 15.1. The van der Waals surface area contributed by atoms with E-state index in [-0.39, 0.29) is 17.2 Å². The molecule has 0 saturated carbocycles. The summed E-state index contributed by atoms with van der Waals surface area (Å²) in [5.74, 6) is 1.34. The maximum absolute atomic E-state index is 10.3. The number of aromatic hydroxyl groups is 3. The second kappa shape index (κ2) is 13.7. The molecule has 4 nitrogen and oxygen atoms in total. The zero-order chi connectivity index (χ0) is 31.2. The number of unbranched alkanes of at least 4 members (excludes halogenated alkanes) is 1. The van der Waals surface area contributed by atoms with E-state index >= 15 is 0 Å². The summed E-state index contributed by atoms with van der Waals surface area (Å²) < 4.78 is 6.87. The van der Waals surface area contributed by atoms with Crippen molar-refractivity contribution in [2.75, 3.05) is 6.61 Å². The molecular formula is C40H35O4S+. The van der Waals surface area contributed by atoms with E-state index in [9.17, 15) is 15.3 Å². The Balaban J connectivity index is 1.78. The second-order valence-corrected chi connectivity index (χ2v) is 12.8. The highest BCUT2D eigenvalue weighted by molar-refractivity contribution is 7.97. The Morgan fingerprint density at radius 1 is 0.533 bits per heavy atom. The monoisotopic (exact) mass is 611 g/mol. The molecule has 3 N–H and O–H groups in total. The fraction of sp³-hybridized carbons (Fsp3) is 0.100. The van der Waals surface area contributed by atoms with Gasteiger partial charge in [-0.15, -0.1) is 0 Å². The molecule has 224 valence electrons. The van der Waals surface area contributed by atoms with Crippen molar-refractivity contribution in [3.8, 4) is 56.4 Å². The Kier molecular flexibility index (Phi) is 9.09. The van der Waals surface area contributed by atoms with Crippen molar-refractivity contribution >= 4 is 10.9 Å². The van der Waals surface area contributed by atoms with Gasteiger partial charge in [-0.1, -0.05) is 86.1 Å².